The number of benzene rings is 1. The van der Waals surface area contributed by atoms with Crippen molar-refractivity contribution in [1.82, 2.24) is 5.32 Å². The molecule has 0 aromatic heterocycles. The molecule has 124 valence electrons. The minimum absolute atomic E-state index is 0.112. The highest BCUT2D eigenvalue weighted by molar-refractivity contribution is 6.06. The van der Waals surface area contributed by atoms with Gasteiger partial charge in [-0.15, -0.1) is 0 Å². The van der Waals surface area contributed by atoms with Crippen molar-refractivity contribution >= 4 is 11.7 Å². The van der Waals surface area contributed by atoms with E-state index in [0.29, 0.717) is 18.6 Å². The Labute approximate surface area is 131 Å². The number of halogens is 3. The van der Waals surface area contributed by atoms with Gasteiger partial charge in [0, 0.05) is 0 Å². The molecule has 1 saturated heterocycles. The van der Waals surface area contributed by atoms with E-state index >= 15 is 0 Å². The molecule has 1 heterocycles. The normalized spacial score (nSPS) is 30.8. The lowest BCUT2D eigenvalue weighted by Crippen LogP contribution is -2.69. The lowest BCUT2D eigenvalue weighted by molar-refractivity contribution is -0.227. The molecule has 7 heteroatoms. The van der Waals surface area contributed by atoms with Crippen LogP contribution >= 0.6 is 0 Å². The third-order valence-electron chi connectivity index (χ3n) is 4.82. The maximum Gasteiger partial charge on any atom is 0.416 e. The maximum absolute atomic E-state index is 14.0. The number of carbonyl (C=O) groups is 2. The molecule has 1 aromatic rings. The fourth-order valence-electron chi connectivity index (χ4n) is 3.67. The number of hydrogen-bond donors (Lipinski definition) is 1. The summed E-state index contributed by atoms with van der Waals surface area (Å²) in [5.41, 5.74) is -2.80. The first-order valence-electron chi connectivity index (χ1n) is 7.38. The smallest absolute Gasteiger partial charge is 0.416 e. The Morgan fingerprint density at radius 2 is 1.83 bits per heavy atom. The van der Waals surface area contributed by atoms with Gasteiger partial charge in [0.1, 0.15) is 5.75 Å². The zero-order valence-corrected chi connectivity index (χ0v) is 12.4. The van der Waals surface area contributed by atoms with Crippen LogP contribution in [0, 0.1) is 11.8 Å². The molecule has 0 spiro atoms. The van der Waals surface area contributed by atoms with Crippen molar-refractivity contribution in [3.63, 3.8) is 0 Å². The second kappa shape index (κ2) is 5.25. The van der Waals surface area contributed by atoms with Gasteiger partial charge in [0.05, 0.1) is 18.9 Å². The summed E-state index contributed by atoms with van der Waals surface area (Å²) in [5.74, 6) is -3.27. The van der Waals surface area contributed by atoms with Gasteiger partial charge in [-0.1, -0.05) is 18.6 Å². The van der Waals surface area contributed by atoms with Crippen LogP contribution in [0.1, 0.15) is 24.8 Å². The van der Waals surface area contributed by atoms with Gasteiger partial charge >= 0.3 is 6.18 Å². The van der Waals surface area contributed by atoms with Crippen LogP contribution in [0.4, 0.5) is 13.2 Å². The molecule has 0 radical (unpaired) electrons. The molecule has 1 amide bonds. The molecule has 1 N–H and O–H groups in total. The van der Waals surface area contributed by atoms with E-state index in [1.165, 1.54) is 31.4 Å². The van der Waals surface area contributed by atoms with Gasteiger partial charge in [-0.25, -0.2) is 0 Å². The molecular weight excluding hydrogens is 311 g/mol. The second-order valence-electron chi connectivity index (χ2n) is 5.96. The zero-order valence-electron chi connectivity index (χ0n) is 12.4. The summed E-state index contributed by atoms with van der Waals surface area (Å²) in [5, 5.41) is 2.13. The Morgan fingerprint density at radius 1 is 1.17 bits per heavy atom. The molecule has 2 bridgehead atoms. The Morgan fingerprint density at radius 3 is 2.39 bits per heavy atom. The topological polar surface area (TPSA) is 55.4 Å². The Hall–Kier alpha value is -2.05. The summed E-state index contributed by atoms with van der Waals surface area (Å²) < 4.78 is 47.0. The lowest BCUT2D eigenvalue weighted by Gasteiger charge is -2.49. The average molecular weight is 327 g/mol. The molecule has 23 heavy (non-hydrogen) atoms. The first-order chi connectivity index (χ1) is 10.8. The van der Waals surface area contributed by atoms with Gasteiger partial charge in [-0.2, -0.15) is 13.2 Å². The summed E-state index contributed by atoms with van der Waals surface area (Å²) in [6.45, 7) is 0. The molecule has 0 unspecified atom stereocenters. The van der Waals surface area contributed by atoms with E-state index < -0.39 is 35.2 Å². The molecule has 3 atom stereocenters. The van der Waals surface area contributed by atoms with Gasteiger partial charge in [0.2, 0.25) is 5.91 Å². The zero-order chi connectivity index (χ0) is 16.8. The quantitative estimate of drug-likeness (QED) is 0.850. The predicted octanol–water partition coefficient (Wildman–Crippen LogP) is 2.57. The number of alkyl halides is 3. The number of Topliss-reactive ketones (excluding diaryl/α,β-unsaturated/α-hetero) is 1. The van der Waals surface area contributed by atoms with Crippen LogP contribution < -0.4 is 10.1 Å². The largest absolute Gasteiger partial charge is 0.497 e. The number of methoxy groups -OCH3 is 1. The number of nitrogens with one attached hydrogen (secondary N) is 1. The van der Waals surface area contributed by atoms with E-state index in [0.717, 1.165) is 0 Å². The lowest BCUT2D eigenvalue weighted by atomic mass is 9.63. The van der Waals surface area contributed by atoms with Crippen molar-refractivity contribution in [2.24, 2.45) is 11.8 Å². The summed E-state index contributed by atoms with van der Waals surface area (Å²) in [6.07, 6.45) is -3.92. The van der Waals surface area contributed by atoms with E-state index in [1.807, 2.05) is 0 Å². The van der Waals surface area contributed by atoms with Crippen LogP contribution in [0.15, 0.2) is 24.3 Å². The number of ketones is 1. The predicted molar refractivity (Wildman–Crippen MR) is 74.7 cm³/mol. The van der Waals surface area contributed by atoms with Gasteiger partial charge in [0.25, 0.3) is 0 Å². The SMILES string of the molecule is COc1ccc([C@@]2(C(F)(F)F)NC(=O)[C@@H]3CCC[C@H]2C3=O)cc1. The number of hydrogen-bond acceptors (Lipinski definition) is 3. The third-order valence-corrected chi connectivity index (χ3v) is 4.82. The Bertz CT molecular complexity index is 641. The van der Waals surface area contributed by atoms with E-state index in [4.69, 9.17) is 4.74 Å². The molecule has 2 fully saturated rings. The summed E-state index contributed by atoms with van der Waals surface area (Å²) in [7, 11) is 1.41. The van der Waals surface area contributed by atoms with E-state index in [-0.39, 0.29) is 12.0 Å². The first-order valence-corrected chi connectivity index (χ1v) is 7.38. The first kappa shape index (κ1) is 15.8. The fraction of sp³-hybridized carbons (Fsp3) is 0.500. The van der Waals surface area contributed by atoms with Crippen LogP contribution in [-0.4, -0.2) is 25.0 Å². The van der Waals surface area contributed by atoms with Crippen molar-refractivity contribution in [3.05, 3.63) is 29.8 Å². The summed E-state index contributed by atoms with van der Waals surface area (Å²) in [4.78, 5) is 24.5. The Kier molecular flexibility index (Phi) is 3.61. The third kappa shape index (κ3) is 2.21. The molecular formula is C16H16F3NO3. The number of amides is 1. The van der Waals surface area contributed by atoms with E-state index in [2.05, 4.69) is 5.32 Å². The number of fused-ring (bicyclic) bond motifs is 2. The monoisotopic (exact) mass is 327 g/mol. The number of rotatable bonds is 2. The second-order valence-corrected chi connectivity index (χ2v) is 5.96. The van der Waals surface area contributed by atoms with Crippen molar-refractivity contribution < 1.29 is 27.5 Å². The van der Waals surface area contributed by atoms with Crippen LogP contribution in [0.3, 0.4) is 0 Å². The number of ether oxygens (including phenoxy) is 1. The maximum atomic E-state index is 14.0. The summed E-state index contributed by atoms with van der Waals surface area (Å²) >= 11 is 0. The fourth-order valence-corrected chi connectivity index (χ4v) is 3.67. The highest BCUT2D eigenvalue weighted by atomic mass is 19.4. The van der Waals surface area contributed by atoms with Crippen LogP contribution in [0.2, 0.25) is 0 Å². The molecule has 1 aliphatic carbocycles. The minimum Gasteiger partial charge on any atom is -0.497 e. The highest BCUT2D eigenvalue weighted by Crippen LogP contribution is 2.51. The van der Waals surface area contributed by atoms with E-state index in [9.17, 15) is 22.8 Å². The van der Waals surface area contributed by atoms with Gasteiger partial charge < -0.3 is 10.1 Å². The van der Waals surface area contributed by atoms with Gasteiger partial charge in [0.15, 0.2) is 11.3 Å². The van der Waals surface area contributed by atoms with Crippen molar-refractivity contribution in [2.75, 3.05) is 7.11 Å². The van der Waals surface area contributed by atoms with Crippen molar-refractivity contribution in [1.29, 1.82) is 0 Å². The van der Waals surface area contributed by atoms with Crippen molar-refractivity contribution in [3.8, 4) is 5.75 Å². The molecule has 3 rings (SSSR count). The average Bonchev–Trinajstić information content (AvgIpc) is 2.50. The van der Waals surface area contributed by atoms with E-state index in [1.54, 1.807) is 0 Å². The van der Waals surface area contributed by atoms with Crippen LogP contribution in [0.5, 0.6) is 5.75 Å². The minimum atomic E-state index is -4.78. The molecule has 1 aliphatic heterocycles. The molecule has 2 aliphatic rings. The number of piperidine rings is 1. The van der Waals surface area contributed by atoms with Crippen LogP contribution in [-0.2, 0) is 15.1 Å². The summed E-state index contributed by atoms with van der Waals surface area (Å²) in [6, 6.07) is 5.31. The molecule has 4 nitrogen and oxygen atoms in total. The highest BCUT2D eigenvalue weighted by Gasteiger charge is 2.67. The van der Waals surface area contributed by atoms with Crippen molar-refractivity contribution in [2.45, 2.75) is 31.0 Å². The number of carbonyl (C=O) groups excluding carboxylic acids is 2. The van der Waals surface area contributed by atoms with Crippen LogP contribution in [0.25, 0.3) is 0 Å². The van der Waals surface area contributed by atoms with Gasteiger partial charge in [-0.3, -0.25) is 9.59 Å². The molecule has 1 saturated carbocycles. The Balaban J connectivity index is 2.16. The van der Waals surface area contributed by atoms with Gasteiger partial charge in [-0.05, 0) is 30.5 Å². The standard InChI is InChI=1S/C16H16F3NO3/c1-23-10-7-5-9(6-8-10)15(16(17,18)19)12-4-2-3-11(13(12)21)14(22)20-15/h5-8,11-12H,2-4H2,1H3,(H,20,22)/t11-,12+,15-/m1/s1. The molecule has 1 aromatic carbocycles.